The number of nitrogens with zero attached hydrogens (tertiary/aromatic N) is 2. The van der Waals surface area contributed by atoms with Crippen molar-refractivity contribution in [2.24, 2.45) is 5.92 Å². The second-order valence-corrected chi connectivity index (χ2v) is 8.24. The molecular formula is C17H29N3O2S. The molecule has 0 spiro atoms. The van der Waals surface area contributed by atoms with E-state index >= 15 is 0 Å². The number of carbonyl (C=O) groups excluding carboxylic acids is 1. The van der Waals surface area contributed by atoms with Crippen LogP contribution in [0.15, 0.2) is 17.6 Å². The van der Waals surface area contributed by atoms with E-state index in [2.05, 4.69) is 35.6 Å². The fourth-order valence-corrected chi connectivity index (χ4v) is 4.03. The van der Waals surface area contributed by atoms with E-state index in [1.807, 2.05) is 6.20 Å². The van der Waals surface area contributed by atoms with Crippen LogP contribution in [-0.4, -0.2) is 39.0 Å². The van der Waals surface area contributed by atoms with Crippen molar-refractivity contribution in [1.29, 1.82) is 0 Å². The summed E-state index contributed by atoms with van der Waals surface area (Å²) < 4.78 is 2.09. The zero-order valence-corrected chi connectivity index (χ0v) is 15.2. The zero-order chi connectivity index (χ0) is 16.9. The zero-order valence-electron chi connectivity index (χ0n) is 14.4. The molecule has 1 aromatic heterocycles. The van der Waals surface area contributed by atoms with Gasteiger partial charge in [0.25, 0.3) is 0 Å². The lowest BCUT2D eigenvalue weighted by Crippen LogP contribution is -2.42. The van der Waals surface area contributed by atoms with Gasteiger partial charge in [-0.3, -0.25) is 4.79 Å². The smallest absolute Gasteiger partial charge is 0.230 e. The van der Waals surface area contributed by atoms with Crippen molar-refractivity contribution in [3.63, 3.8) is 0 Å². The highest BCUT2D eigenvalue weighted by molar-refractivity contribution is 7.99. The topological polar surface area (TPSA) is 67.2 Å². The van der Waals surface area contributed by atoms with Crippen LogP contribution in [0.3, 0.4) is 0 Å². The van der Waals surface area contributed by atoms with Crippen LogP contribution >= 0.6 is 11.8 Å². The van der Waals surface area contributed by atoms with Gasteiger partial charge in [0.15, 0.2) is 5.16 Å². The number of amides is 1. The Bertz CT molecular complexity index is 510. The van der Waals surface area contributed by atoms with Gasteiger partial charge in [-0.1, -0.05) is 31.0 Å². The van der Waals surface area contributed by atoms with E-state index in [9.17, 15) is 9.90 Å². The molecule has 2 N–H and O–H groups in total. The highest BCUT2D eigenvalue weighted by atomic mass is 32.2. The minimum absolute atomic E-state index is 0.0313. The standard InChI is InChI=1S/C17H29N3O2S/c1-17(2,3)20-10-9-18-16(20)23-12-15(22)19-14-8-6-4-5-7-13(14)11-21/h9-10,13-14,21H,4-8,11-12H2,1-3H3,(H,19,22). The molecule has 2 unspecified atom stereocenters. The number of rotatable bonds is 5. The van der Waals surface area contributed by atoms with Crippen molar-refractivity contribution in [3.8, 4) is 0 Å². The van der Waals surface area contributed by atoms with Crippen LogP contribution in [0.4, 0.5) is 0 Å². The first-order chi connectivity index (χ1) is 10.9. The highest BCUT2D eigenvalue weighted by Gasteiger charge is 2.25. The SMILES string of the molecule is CC(C)(C)n1ccnc1SCC(=O)NC1CCCCCC1CO. The average Bonchev–Trinajstić information content (AvgIpc) is 2.86. The Hall–Kier alpha value is -1.01. The number of thioether (sulfide) groups is 1. The Morgan fingerprint density at radius 1 is 1.39 bits per heavy atom. The number of imidazole rings is 1. The summed E-state index contributed by atoms with van der Waals surface area (Å²) in [5, 5.41) is 13.5. The largest absolute Gasteiger partial charge is 0.396 e. The number of hydrogen-bond acceptors (Lipinski definition) is 4. The Morgan fingerprint density at radius 2 is 2.13 bits per heavy atom. The van der Waals surface area contributed by atoms with Gasteiger partial charge in [0.1, 0.15) is 0 Å². The van der Waals surface area contributed by atoms with E-state index in [0.717, 1.165) is 30.8 Å². The number of nitrogens with one attached hydrogen (secondary N) is 1. The monoisotopic (exact) mass is 339 g/mol. The van der Waals surface area contributed by atoms with Crippen molar-refractivity contribution in [2.75, 3.05) is 12.4 Å². The van der Waals surface area contributed by atoms with E-state index < -0.39 is 0 Å². The van der Waals surface area contributed by atoms with E-state index in [1.54, 1.807) is 6.20 Å². The highest BCUT2D eigenvalue weighted by Crippen LogP contribution is 2.25. The average molecular weight is 340 g/mol. The molecule has 0 aliphatic heterocycles. The van der Waals surface area contributed by atoms with Gasteiger partial charge in [-0.2, -0.15) is 0 Å². The van der Waals surface area contributed by atoms with Crippen molar-refractivity contribution >= 4 is 17.7 Å². The summed E-state index contributed by atoms with van der Waals surface area (Å²) in [6.45, 7) is 6.52. The lowest BCUT2D eigenvalue weighted by molar-refractivity contribution is -0.119. The van der Waals surface area contributed by atoms with E-state index in [-0.39, 0.29) is 30.0 Å². The predicted molar refractivity (Wildman–Crippen MR) is 93.5 cm³/mol. The predicted octanol–water partition coefficient (Wildman–Crippen LogP) is 2.79. The normalized spacial score (nSPS) is 22.6. The third kappa shape index (κ3) is 5.24. The second-order valence-electron chi connectivity index (χ2n) is 7.29. The molecule has 1 amide bonds. The van der Waals surface area contributed by atoms with E-state index in [1.165, 1.54) is 18.2 Å². The molecule has 1 aromatic rings. The molecule has 0 bridgehead atoms. The van der Waals surface area contributed by atoms with Gasteiger partial charge in [0.05, 0.1) is 5.75 Å². The summed E-state index contributed by atoms with van der Waals surface area (Å²) in [5.41, 5.74) is -0.0431. The third-order valence-electron chi connectivity index (χ3n) is 4.40. The molecule has 2 atom stereocenters. The molecule has 0 saturated heterocycles. The molecule has 130 valence electrons. The maximum atomic E-state index is 12.3. The maximum Gasteiger partial charge on any atom is 0.230 e. The van der Waals surface area contributed by atoms with Crippen molar-refractivity contribution in [2.45, 2.75) is 69.6 Å². The van der Waals surface area contributed by atoms with Crippen LogP contribution in [0.25, 0.3) is 0 Å². The van der Waals surface area contributed by atoms with E-state index in [4.69, 9.17) is 0 Å². The van der Waals surface area contributed by atoms with Gasteiger partial charge in [-0.05, 0) is 33.6 Å². The minimum Gasteiger partial charge on any atom is -0.396 e. The molecule has 1 heterocycles. The summed E-state index contributed by atoms with van der Waals surface area (Å²) in [6, 6.07) is 0.109. The van der Waals surface area contributed by atoms with Crippen molar-refractivity contribution in [1.82, 2.24) is 14.9 Å². The molecule has 1 aliphatic rings. The number of aliphatic hydroxyl groups excluding tert-OH is 1. The first kappa shape index (κ1) is 18.3. The Kier molecular flexibility index (Phi) is 6.53. The molecule has 6 heteroatoms. The van der Waals surface area contributed by atoms with Gasteiger partial charge in [-0.25, -0.2) is 4.98 Å². The molecule has 0 radical (unpaired) electrons. The quantitative estimate of drug-likeness (QED) is 0.639. The first-order valence-corrected chi connectivity index (χ1v) is 9.47. The Labute approximate surface area is 143 Å². The Balaban J connectivity index is 1.89. The molecule has 23 heavy (non-hydrogen) atoms. The fourth-order valence-electron chi connectivity index (χ4n) is 3.08. The van der Waals surface area contributed by atoms with Gasteiger partial charge in [-0.15, -0.1) is 0 Å². The lowest BCUT2D eigenvalue weighted by Gasteiger charge is -2.25. The van der Waals surface area contributed by atoms with Gasteiger partial charge in [0, 0.05) is 36.5 Å². The molecule has 1 saturated carbocycles. The molecule has 2 rings (SSSR count). The number of aliphatic hydroxyl groups is 1. The van der Waals surface area contributed by atoms with Crippen LogP contribution in [0.2, 0.25) is 0 Å². The molecule has 1 fully saturated rings. The van der Waals surface area contributed by atoms with Crippen molar-refractivity contribution in [3.05, 3.63) is 12.4 Å². The van der Waals surface area contributed by atoms with Crippen LogP contribution in [-0.2, 0) is 10.3 Å². The molecule has 0 aromatic carbocycles. The van der Waals surface area contributed by atoms with Gasteiger partial charge in [0.2, 0.25) is 5.91 Å². The summed E-state index contributed by atoms with van der Waals surface area (Å²) in [4.78, 5) is 16.6. The van der Waals surface area contributed by atoms with Gasteiger partial charge >= 0.3 is 0 Å². The number of aromatic nitrogens is 2. The summed E-state index contributed by atoms with van der Waals surface area (Å²) in [5.74, 6) is 0.591. The van der Waals surface area contributed by atoms with Crippen molar-refractivity contribution < 1.29 is 9.90 Å². The lowest BCUT2D eigenvalue weighted by atomic mass is 9.96. The molecular weight excluding hydrogens is 310 g/mol. The summed E-state index contributed by atoms with van der Waals surface area (Å²) in [6.07, 6.45) is 9.17. The van der Waals surface area contributed by atoms with Crippen LogP contribution in [0.1, 0.15) is 52.9 Å². The third-order valence-corrected chi connectivity index (χ3v) is 5.37. The maximum absolute atomic E-state index is 12.3. The number of carbonyl (C=O) groups is 1. The van der Waals surface area contributed by atoms with E-state index in [0.29, 0.717) is 5.75 Å². The van der Waals surface area contributed by atoms with Crippen LogP contribution in [0.5, 0.6) is 0 Å². The molecule has 1 aliphatic carbocycles. The van der Waals surface area contributed by atoms with Crippen LogP contribution < -0.4 is 5.32 Å². The summed E-state index contributed by atoms with van der Waals surface area (Å²) in [7, 11) is 0. The first-order valence-electron chi connectivity index (χ1n) is 8.48. The fraction of sp³-hybridized carbons (Fsp3) is 0.765. The number of hydrogen-bond donors (Lipinski definition) is 2. The van der Waals surface area contributed by atoms with Gasteiger partial charge < -0.3 is 15.0 Å². The Morgan fingerprint density at radius 3 is 2.83 bits per heavy atom. The summed E-state index contributed by atoms with van der Waals surface area (Å²) >= 11 is 1.47. The molecule has 5 nitrogen and oxygen atoms in total. The second kappa shape index (κ2) is 8.20. The minimum atomic E-state index is -0.0431. The van der Waals surface area contributed by atoms with Crippen LogP contribution in [0, 0.1) is 5.92 Å².